The van der Waals surface area contributed by atoms with E-state index in [9.17, 15) is 108 Å². The van der Waals surface area contributed by atoms with Gasteiger partial charge in [-0.1, -0.05) is 121 Å². The van der Waals surface area contributed by atoms with E-state index in [2.05, 4.69) is 54.8 Å². The van der Waals surface area contributed by atoms with Gasteiger partial charge in [0.15, 0.2) is 29.9 Å². The molecule has 0 aliphatic carbocycles. The van der Waals surface area contributed by atoms with Gasteiger partial charge in [0.05, 0.1) is 52.9 Å². The lowest BCUT2D eigenvalue weighted by molar-refractivity contribution is -0.338. The largest absolute Gasteiger partial charge is 0.524 e. The number of primary amides is 1. The Morgan fingerprint density at radius 2 is 1.31 bits per heavy atom. The van der Waals surface area contributed by atoms with Gasteiger partial charge in [-0.05, 0) is 141 Å². The number of aliphatic hydroxyl groups is 6. The number of amides is 8. The van der Waals surface area contributed by atoms with E-state index in [1.807, 2.05) is 0 Å². The van der Waals surface area contributed by atoms with E-state index in [-0.39, 0.29) is 43.1 Å². The van der Waals surface area contributed by atoms with Gasteiger partial charge in [0.1, 0.15) is 114 Å². The SMILES string of the molecule is CCCCCCCCCCNCCN(C(=O)CC(C)(C)c1cc(P(=O)(O)CP(=O)(O)O)ccc1OP(=O)(O)O)[C@]1(C)CC(OC2C(Oc3c4cc5cc3Oc3ccc(cc3Cl)[C@H](O)C(NC(=O)C(CC(C)C)NC)C(=O)NC(CC(N)=O)C(=O)NC5C(=O)NC3C(=O)NC(C(=O)N[C@@H](C(=O)O)c5cc(O)c(CNCC=O)c(O)c5-c5cc3ccc5O)[C@H](O)c3ccc(c(Cl)c3)O4)OC(CO)C(O)C2O)OC(C)C1O. The lowest BCUT2D eigenvalue weighted by Gasteiger charge is -2.52. The van der Waals surface area contributed by atoms with Crippen molar-refractivity contribution in [1.82, 2.24) is 52.8 Å². The first-order valence-electron chi connectivity index (χ1n) is 46.3. The maximum absolute atomic E-state index is 16.5. The van der Waals surface area contributed by atoms with E-state index in [4.69, 9.17) is 61.9 Å². The quantitative estimate of drug-likeness (QED) is 0.0149. The van der Waals surface area contributed by atoms with Gasteiger partial charge in [-0.25, -0.2) is 9.36 Å². The van der Waals surface area contributed by atoms with Crippen LogP contribution in [0, 0.1) is 5.92 Å². The second-order valence-corrected chi connectivity index (χ2v) is 43.6. The second kappa shape index (κ2) is 48.4. The first-order valence-corrected chi connectivity index (χ1v) is 52.3. The van der Waals surface area contributed by atoms with Gasteiger partial charge in [-0.15, -0.1) is 0 Å². The summed E-state index contributed by atoms with van der Waals surface area (Å²) in [7, 11) is -14.4. The number of nitrogens with zero attached hydrogens (tertiary/aromatic N) is 1. The van der Waals surface area contributed by atoms with Crippen molar-refractivity contribution < 1.29 is 170 Å². The highest BCUT2D eigenvalue weighted by molar-refractivity contribution is 7.77. The molecule has 26 N–H and O–H groups in total. The zero-order valence-corrected chi connectivity index (χ0v) is 83.8. The minimum absolute atomic E-state index is 0.00429. The third-order valence-corrected chi connectivity index (χ3v) is 30.6. The van der Waals surface area contributed by atoms with Gasteiger partial charge >= 0.3 is 21.4 Å². The summed E-state index contributed by atoms with van der Waals surface area (Å²) >= 11 is 14.5. The average Bonchev–Trinajstić information content (AvgIpc) is 0.755. The molecule has 15 unspecified atom stereocenters. The van der Waals surface area contributed by atoms with Gasteiger partial charge in [-0.3, -0.25) is 57.3 Å². The number of carboxylic acids is 1. The number of phenolic OH excluding ortho intramolecular Hbond substituents is 3. The number of carboxylic acid groups (broad SMARTS) is 1. The minimum Gasteiger partial charge on any atom is -0.507 e. The number of aromatic hydroxyl groups is 3. The Morgan fingerprint density at radius 1 is 0.701 bits per heavy atom. The highest BCUT2D eigenvalue weighted by atomic mass is 35.5. The normalized spacial score (nSPS) is 24.9. The van der Waals surface area contributed by atoms with Gasteiger partial charge in [-0.2, -0.15) is 0 Å². The fourth-order valence-electron chi connectivity index (χ4n) is 17.9. The Morgan fingerprint density at radius 3 is 1.90 bits per heavy atom. The highest BCUT2D eigenvalue weighted by Gasteiger charge is 2.56. The van der Waals surface area contributed by atoms with Crippen LogP contribution in [-0.4, -0.2) is 265 Å². The summed E-state index contributed by atoms with van der Waals surface area (Å²) < 4.78 is 83.7. The fraction of sp³-hybridized carbons (Fsp3) is 0.505. The van der Waals surface area contributed by atoms with Gasteiger partial charge in [0, 0.05) is 65.4 Å². The number of phenols is 3. The Balaban J connectivity index is 1.11. The number of likely N-dealkylation sites (N-methyl/N-ethyl adjacent to an activating group) is 1. The van der Waals surface area contributed by atoms with E-state index in [0.717, 1.165) is 136 Å². The van der Waals surface area contributed by atoms with Crippen LogP contribution in [0.2, 0.25) is 10.0 Å². The number of benzene rings is 6. The van der Waals surface area contributed by atoms with Crippen LogP contribution >= 0.6 is 46.0 Å². The lowest BCUT2D eigenvalue weighted by Crippen LogP contribution is -2.67. The number of carbonyl (C=O) groups is 10. The predicted molar refractivity (Wildman–Crippen MR) is 513 cm³/mol. The van der Waals surface area contributed by atoms with Crippen molar-refractivity contribution >= 4 is 111 Å². The molecule has 7 heterocycles. The number of fused-ring (bicyclic) bond motifs is 15. The number of hydrogen-bond acceptors (Lipinski definition) is 32. The van der Waals surface area contributed by atoms with Crippen molar-refractivity contribution in [2.45, 2.75) is 247 Å². The molecule has 6 aromatic rings. The van der Waals surface area contributed by atoms with Crippen molar-refractivity contribution in [3.63, 3.8) is 0 Å². The topological polar surface area (TPSA) is 727 Å². The molecule has 144 heavy (non-hydrogen) atoms. The van der Waals surface area contributed by atoms with Crippen LogP contribution in [0.5, 0.6) is 51.7 Å². The Labute approximate surface area is 836 Å². The van der Waals surface area contributed by atoms with Gasteiger partial charge < -0.3 is 162 Å². The van der Waals surface area contributed by atoms with Crippen LogP contribution < -0.4 is 77.6 Å². The smallest absolute Gasteiger partial charge is 0.507 e. The molecule has 7 aliphatic rings. The van der Waals surface area contributed by atoms with E-state index in [0.29, 0.717) is 19.3 Å². The summed E-state index contributed by atoms with van der Waals surface area (Å²) in [5.41, 5.74) is -2.22. The molecule has 13 rings (SSSR count). The van der Waals surface area contributed by atoms with Crippen LogP contribution in [0.4, 0.5) is 0 Å². The molecule has 788 valence electrons. The van der Waals surface area contributed by atoms with Crippen molar-refractivity contribution in [3.8, 4) is 62.9 Å². The number of halogens is 2. The summed E-state index contributed by atoms with van der Waals surface area (Å²) in [5, 5.41) is 142. The second-order valence-electron chi connectivity index (χ2n) is 37.2. The predicted octanol–water partition coefficient (Wildman–Crippen LogP) is 3.87. The van der Waals surface area contributed by atoms with Crippen LogP contribution in [0.1, 0.15) is 195 Å². The average molecular weight is 2120 g/mol. The molecular weight excluding hydrogens is 1990 g/mol. The number of nitrogens with one attached hydrogen (secondary N) is 9. The molecule has 2 saturated heterocycles. The molecule has 11 bridgehead atoms. The van der Waals surface area contributed by atoms with Crippen LogP contribution in [0.25, 0.3) is 11.1 Å². The summed E-state index contributed by atoms with van der Waals surface area (Å²) in [4.78, 5) is 200. The first-order chi connectivity index (χ1) is 67.7. The molecule has 46 nitrogen and oxygen atoms in total. The summed E-state index contributed by atoms with van der Waals surface area (Å²) in [6.07, 6.45) is -14.6. The molecule has 19 atom stereocenters. The van der Waals surface area contributed by atoms with E-state index in [1.165, 1.54) is 39.6 Å². The van der Waals surface area contributed by atoms with Crippen molar-refractivity contribution in [2.24, 2.45) is 11.7 Å². The maximum atomic E-state index is 16.5. The maximum Gasteiger partial charge on any atom is 0.524 e. The van der Waals surface area contributed by atoms with E-state index >= 15 is 28.8 Å². The number of aliphatic carboxylic acids is 1. The number of carbonyl (C=O) groups excluding carboxylic acids is 9. The van der Waals surface area contributed by atoms with Gasteiger partial charge in [0.2, 0.25) is 66.7 Å². The molecular formula is C93H122Cl2N11O35P3. The van der Waals surface area contributed by atoms with Crippen LogP contribution in [-0.2, 0) is 87.8 Å². The van der Waals surface area contributed by atoms with Crippen molar-refractivity contribution in [2.75, 3.05) is 45.7 Å². The number of phosphoric acid groups is 1. The third-order valence-electron chi connectivity index (χ3n) is 25.4. The standard InChI is InChI=1S/C93H122Cl2N11O35P3/c1-9-10-11-12-13-14-15-16-25-98-26-28-106(68(112)39-92(5,6)54-36-50(142(127,128)43-143(129,130)131)20-24-61(54)141-144(132,133)134)93(7)40-69(135-45(4)83(93)118)139-82-80(117)79(116)66(42-108)138-91(82)140-81-64-34-49-35-65(81)137-63-23-19-48(33-56(63)95)77(114)75-89(124)103-73(90(125)126)52-37-60(110)53(41-99-27-29-107)78(115)70(52)51-31-46(17-21-59(51)109)71(86(121)105-75)102-87(122)72(49)101-85(120)58(38-67(96)111)100-88(123)74(104-84(119)57(97-8)30-44(2)3)76(113)47-18-22-62(136-64)55(94)32-47/h17-24,29,31-37,44-45,57-58,66,69,71-77,79-80,82-83,91,97-99,108-110,113-118H,9-16,25-28,30,38-43H2,1-8H3,(H2,96,111)(H,100,123)(H,101,120)(H,102,122)(H,103,124)(H,104,119)(H,105,121)(H,125,126)(H,127,128)(H2,129,130,131)(H2,132,133,134)/t45?,57?,58?,66?,69?,71?,72?,73-,74?,75?,76+,77-,79?,80?,82?,83?,91?,93-/m1/s1. The molecule has 0 radical (unpaired) electrons. The van der Waals surface area contributed by atoms with E-state index < -0.39 is 335 Å². The molecule has 0 spiro atoms. The number of nitrogens with two attached hydrogens (primary N) is 1. The number of phosphoric ester groups is 1. The molecule has 8 amide bonds. The summed E-state index contributed by atoms with van der Waals surface area (Å²) in [6.45, 7) is 9.38. The minimum atomic E-state index is -5.51. The summed E-state index contributed by atoms with van der Waals surface area (Å²) in [5.74, 6) is -20.8. The molecule has 0 saturated carbocycles. The van der Waals surface area contributed by atoms with E-state index in [1.54, 1.807) is 13.8 Å². The first kappa shape index (κ1) is 114. The zero-order chi connectivity index (χ0) is 106. The lowest BCUT2D eigenvalue weighted by atomic mass is 9.78. The van der Waals surface area contributed by atoms with Crippen molar-refractivity contribution in [1.29, 1.82) is 0 Å². The van der Waals surface area contributed by atoms with Gasteiger partial charge in [0.25, 0.3) is 0 Å². The molecule has 51 heteroatoms. The fourth-order valence-corrected chi connectivity index (χ4v) is 22.1. The monoisotopic (exact) mass is 2120 g/mol. The number of ether oxygens (including phenoxy) is 6. The molecule has 0 aromatic heterocycles. The highest BCUT2D eigenvalue weighted by Crippen LogP contribution is 2.57. The molecule has 7 aliphatic heterocycles. The van der Waals surface area contributed by atoms with Crippen LogP contribution in [0.3, 0.4) is 0 Å². The summed E-state index contributed by atoms with van der Waals surface area (Å²) in [6, 6.07) is -0.479. The van der Waals surface area contributed by atoms with Crippen molar-refractivity contribution in [3.05, 3.63) is 140 Å². The Bertz CT molecular complexity index is 5900. The molecule has 2 fully saturated rings. The number of unbranched alkanes of at least 4 members (excludes halogenated alkanes) is 7. The number of rotatable bonds is 38. The Kier molecular flexibility index (Phi) is 38.2. The third kappa shape index (κ3) is 27.6. The van der Waals surface area contributed by atoms with Crippen LogP contribution in [0.15, 0.2) is 91.0 Å². The Hall–Kier alpha value is -10.6. The number of aldehydes is 1. The number of hydrogen-bond donors (Lipinski definition) is 25. The number of aliphatic hydroxyl groups excluding tert-OH is 6. The molecule has 6 aromatic carbocycles. The zero-order valence-electron chi connectivity index (χ0n) is 79.6.